The predicted octanol–water partition coefficient (Wildman–Crippen LogP) is 2.19. The predicted molar refractivity (Wildman–Crippen MR) is 90.0 cm³/mol. The minimum Gasteiger partial charge on any atom is -0.339 e. The minimum atomic E-state index is -0.00371. The van der Waals surface area contributed by atoms with Crippen molar-refractivity contribution in [3.8, 4) is 0 Å². The molecule has 2 amide bonds. The molecule has 3 rings (SSSR count). The third-order valence-corrected chi connectivity index (χ3v) is 4.49. The maximum atomic E-state index is 12.6. The van der Waals surface area contributed by atoms with Gasteiger partial charge in [-0.25, -0.2) is 4.98 Å². The molecule has 1 N–H and O–H groups in total. The van der Waals surface area contributed by atoms with Crippen molar-refractivity contribution >= 4 is 34.0 Å². The van der Waals surface area contributed by atoms with Crippen LogP contribution in [0.3, 0.4) is 0 Å². The van der Waals surface area contributed by atoms with Gasteiger partial charge in [0.15, 0.2) is 5.13 Å². The fourth-order valence-electron chi connectivity index (χ4n) is 2.55. The van der Waals surface area contributed by atoms with Crippen LogP contribution in [0.15, 0.2) is 35.8 Å². The second-order valence-corrected chi connectivity index (χ2v) is 6.24. The molecule has 1 aromatic carbocycles. The number of piperazine rings is 1. The van der Waals surface area contributed by atoms with Gasteiger partial charge in [-0.3, -0.25) is 9.59 Å². The van der Waals surface area contributed by atoms with Crippen LogP contribution >= 0.6 is 11.3 Å². The lowest BCUT2D eigenvalue weighted by molar-refractivity contribution is -0.130. The van der Waals surface area contributed by atoms with E-state index in [0.29, 0.717) is 31.7 Å². The highest BCUT2D eigenvalue weighted by molar-refractivity contribution is 7.13. The number of hydrogen-bond donors (Lipinski definition) is 1. The first-order chi connectivity index (χ1) is 11.1. The summed E-state index contributed by atoms with van der Waals surface area (Å²) in [5, 5.41) is 5.88. The standard InChI is InChI=1S/C16H18N4O2S/c1-12(21)19-6-8-20(9-7-19)15(22)13-3-2-4-14(11-13)18-16-17-5-10-23-16/h2-5,10-11H,6-9H2,1H3,(H,17,18). The summed E-state index contributed by atoms with van der Waals surface area (Å²) >= 11 is 1.51. The minimum absolute atomic E-state index is 0.00371. The molecule has 7 heteroatoms. The molecule has 0 spiro atoms. The lowest BCUT2D eigenvalue weighted by Crippen LogP contribution is -2.50. The van der Waals surface area contributed by atoms with Crippen molar-refractivity contribution in [2.45, 2.75) is 6.92 Å². The molecular formula is C16H18N4O2S. The van der Waals surface area contributed by atoms with E-state index in [-0.39, 0.29) is 11.8 Å². The van der Waals surface area contributed by atoms with Gasteiger partial charge in [0.05, 0.1) is 0 Å². The largest absolute Gasteiger partial charge is 0.339 e. The number of carbonyl (C=O) groups excluding carboxylic acids is 2. The molecule has 0 bridgehead atoms. The van der Waals surface area contributed by atoms with Crippen molar-refractivity contribution in [1.29, 1.82) is 0 Å². The van der Waals surface area contributed by atoms with Crippen molar-refractivity contribution in [3.05, 3.63) is 41.4 Å². The molecule has 0 atom stereocenters. The fourth-order valence-corrected chi connectivity index (χ4v) is 3.09. The van der Waals surface area contributed by atoms with Gasteiger partial charge in [-0.05, 0) is 18.2 Å². The van der Waals surface area contributed by atoms with E-state index in [2.05, 4.69) is 10.3 Å². The number of carbonyl (C=O) groups is 2. The fraction of sp³-hybridized carbons (Fsp3) is 0.312. The maximum Gasteiger partial charge on any atom is 0.254 e. The van der Waals surface area contributed by atoms with E-state index in [0.717, 1.165) is 10.8 Å². The summed E-state index contributed by atoms with van der Waals surface area (Å²) in [5.41, 5.74) is 1.48. The van der Waals surface area contributed by atoms with Gasteiger partial charge >= 0.3 is 0 Å². The number of nitrogens with one attached hydrogen (secondary N) is 1. The van der Waals surface area contributed by atoms with Crippen LogP contribution in [0.4, 0.5) is 10.8 Å². The molecule has 2 heterocycles. The van der Waals surface area contributed by atoms with Crippen LogP contribution in [0, 0.1) is 0 Å². The van der Waals surface area contributed by atoms with Crippen molar-refractivity contribution in [2.24, 2.45) is 0 Å². The Labute approximate surface area is 138 Å². The molecule has 1 aliphatic rings. The van der Waals surface area contributed by atoms with E-state index in [1.165, 1.54) is 11.3 Å². The Morgan fingerprint density at radius 3 is 2.57 bits per heavy atom. The first kappa shape index (κ1) is 15.5. The number of benzene rings is 1. The van der Waals surface area contributed by atoms with E-state index in [1.54, 1.807) is 22.9 Å². The lowest BCUT2D eigenvalue weighted by atomic mass is 10.1. The van der Waals surface area contributed by atoms with Crippen LogP contribution < -0.4 is 5.32 Å². The zero-order chi connectivity index (χ0) is 16.2. The second kappa shape index (κ2) is 6.78. The lowest BCUT2D eigenvalue weighted by Gasteiger charge is -2.34. The Morgan fingerprint density at radius 1 is 1.17 bits per heavy atom. The van der Waals surface area contributed by atoms with Gasteiger partial charge in [0.25, 0.3) is 5.91 Å². The summed E-state index contributed by atoms with van der Waals surface area (Å²) in [5.74, 6) is 0.0581. The SMILES string of the molecule is CC(=O)N1CCN(C(=O)c2cccc(Nc3nccs3)c2)CC1. The first-order valence-electron chi connectivity index (χ1n) is 7.45. The smallest absolute Gasteiger partial charge is 0.254 e. The Morgan fingerprint density at radius 2 is 1.91 bits per heavy atom. The van der Waals surface area contributed by atoms with E-state index in [1.807, 2.05) is 29.6 Å². The van der Waals surface area contributed by atoms with Crippen LogP contribution in [-0.2, 0) is 4.79 Å². The molecule has 1 fully saturated rings. The van der Waals surface area contributed by atoms with Gasteiger partial charge in [-0.15, -0.1) is 11.3 Å². The van der Waals surface area contributed by atoms with E-state index < -0.39 is 0 Å². The van der Waals surface area contributed by atoms with Crippen LogP contribution in [0.25, 0.3) is 0 Å². The summed E-state index contributed by atoms with van der Waals surface area (Å²) in [6, 6.07) is 7.41. The summed E-state index contributed by atoms with van der Waals surface area (Å²) in [7, 11) is 0. The Balaban J connectivity index is 1.67. The highest BCUT2D eigenvalue weighted by Gasteiger charge is 2.23. The molecule has 0 aliphatic carbocycles. The Bertz CT molecular complexity index is 694. The van der Waals surface area contributed by atoms with Gasteiger partial charge in [0, 0.05) is 55.9 Å². The molecule has 2 aromatic rings. The van der Waals surface area contributed by atoms with Crippen molar-refractivity contribution < 1.29 is 9.59 Å². The highest BCUT2D eigenvalue weighted by atomic mass is 32.1. The van der Waals surface area contributed by atoms with Gasteiger partial charge < -0.3 is 15.1 Å². The summed E-state index contributed by atoms with van der Waals surface area (Å²) < 4.78 is 0. The van der Waals surface area contributed by atoms with Crippen molar-refractivity contribution in [3.63, 3.8) is 0 Å². The monoisotopic (exact) mass is 330 g/mol. The quantitative estimate of drug-likeness (QED) is 0.937. The summed E-state index contributed by atoms with van der Waals surface area (Å²) in [6.07, 6.45) is 1.73. The number of rotatable bonds is 3. The van der Waals surface area contributed by atoms with E-state index in [9.17, 15) is 9.59 Å². The average Bonchev–Trinajstić information content (AvgIpc) is 3.07. The molecular weight excluding hydrogens is 312 g/mol. The molecule has 120 valence electrons. The van der Waals surface area contributed by atoms with Gasteiger partial charge in [-0.2, -0.15) is 0 Å². The number of amides is 2. The molecule has 1 aliphatic heterocycles. The summed E-state index contributed by atoms with van der Waals surface area (Å²) in [6.45, 7) is 3.90. The van der Waals surface area contributed by atoms with Crippen LogP contribution in [0.5, 0.6) is 0 Å². The third-order valence-electron chi connectivity index (χ3n) is 3.81. The zero-order valence-electron chi connectivity index (χ0n) is 12.9. The zero-order valence-corrected chi connectivity index (χ0v) is 13.7. The molecule has 0 unspecified atom stereocenters. The normalized spacial score (nSPS) is 14.7. The van der Waals surface area contributed by atoms with Gasteiger partial charge in [0.1, 0.15) is 0 Å². The number of aromatic nitrogens is 1. The van der Waals surface area contributed by atoms with E-state index >= 15 is 0 Å². The Hall–Kier alpha value is -2.41. The molecule has 0 radical (unpaired) electrons. The topological polar surface area (TPSA) is 65.5 Å². The van der Waals surface area contributed by atoms with Gasteiger partial charge in [-0.1, -0.05) is 6.07 Å². The molecule has 0 saturated carbocycles. The molecule has 23 heavy (non-hydrogen) atoms. The molecule has 1 aromatic heterocycles. The number of nitrogens with zero attached hydrogens (tertiary/aromatic N) is 3. The van der Waals surface area contributed by atoms with Crippen molar-refractivity contribution in [1.82, 2.24) is 14.8 Å². The van der Waals surface area contributed by atoms with Crippen LogP contribution in [0.1, 0.15) is 17.3 Å². The summed E-state index contributed by atoms with van der Waals surface area (Å²) in [4.78, 5) is 31.7. The Kier molecular flexibility index (Phi) is 4.57. The van der Waals surface area contributed by atoms with Gasteiger partial charge in [0.2, 0.25) is 5.91 Å². The van der Waals surface area contributed by atoms with E-state index in [4.69, 9.17) is 0 Å². The van der Waals surface area contributed by atoms with Crippen LogP contribution in [0.2, 0.25) is 0 Å². The van der Waals surface area contributed by atoms with Crippen LogP contribution in [-0.4, -0.2) is 52.8 Å². The first-order valence-corrected chi connectivity index (χ1v) is 8.33. The third kappa shape index (κ3) is 3.68. The maximum absolute atomic E-state index is 12.6. The van der Waals surface area contributed by atoms with Crippen molar-refractivity contribution in [2.75, 3.05) is 31.5 Å². The second-order valence-electron chi connectivity index (χ2n) is 5.34. The molecule has 6 nitrogen and oxygen atoms in total. The number of anilines is 2. The average molecular weight is 330 g/mol. The number of thiazole rings is 1. The highest BCUT2D eigenvalue weighted by Crippen LogP contribution is 2.20. The number of hydrogen-bond acceptors (Lipinski definition) is 5. The molecule has 1 saturated heterocycles.